The monoisotopic (exact) mass is 454 g/mol. The minimum Gasteiger partial charge on any atom is -0.357 e. The predicted octanol–water partition coefficient (Wildman–Crippen LogP) is 4.12. The van der Waals surface area contributed by atoms with Gasteiger partial charge in [0.1, 0.15) is 5.82 Å². The summed E-state index contributed by atoms with van der Waals surface area (Å²) in [6.45, 7) is 1.87. The van der Waals surface area contributed by atoms with Crippen molar-refractivity contribution < 1.29 is 18.0 Å². The smallest absolute Gasteiger partial charge is 0.357 e. The molecule has 1 saturated carbocycles. The lowest BCUT2D eigenvalue weighted by Gasteiger charge is -2.28. The molecule has 0 saturated heterocycles. The van der Waals surface area contributed by atoms with Crippen LogP contribution < -0.4 is 16.0 Å². The minimum absolute atomic E-state index is 0.0766. The fourth-order valence-corrected chi connectivity index (χ4v) is 4.21. The molecule has 0 spiro atoms. The van der Waals surface area contributed by atoms with E-state index in [2.05, 4.69) is 30.9 Å². The Morgan fingerprint density at radius 1 is 1.10 bits per heavy atom. The van der Waals surface area contributed by atoms with Gasteiger partial charge in [-0.05, 0) is 56.0 Å². The van der Waals surface area contributed by atoms with Gasteiger partial charge >= 0.3 is 5.51 Å². The Labute approximate surface area is 183 Å². The number of rotatable bonds is 7. The van der Waals surface area contributed by atoms with Gasteiger partial charge in [-0.25, -0.2) is 0 Å². The van der Waals surface area contributed by atoms with Crippen LogP contribution in [0.1, 0.15) is 37.1 Å². The second-order valence-corrected chi connectivity index (χ2v) is 8.45. The number of thioether (sulfide) groups is 1. The number of benzene rings is 1. The maximum Gasteiger partial charge on any atom is 0.446 e. The van der Waals surface area contributed by atoms with Gasteiger partial charge in [0.05, 0.1) is 0 Å². The lowest BCUT2D eigenvalue weighted by atomic mass is 9.85. The Morgan fingerprint density at radius 2 is 1.77 bits per heavy atom. The quantitative estimate of drug-likeness (QED) is 0.542. The normalized spacial score (nSPS) is 19.0. The Balaban J connectivity index is 1.49. The predicted molar refractivity (Wildman–Crippen MR) is 114 cm³/mol. The standard InChI is InChI=1S/C20H25F3N6OS/c1-12-26-18(24-2)29-19(27-12)28-15-9-7-13(8-10-15)17(30)25-11-14-5-3-4-6-16(14)31-20(21,22)23/h3-6,13,15H,7-11H2,1-2H3,(H,25,30)(H2,24,26,27,28,29). The third-order valence-electron chi connectivity index (χ3n) is 5.05. The van der Waals surface area contributed by atoms with E-state index in [1.54, 1.807) is 32.2 Å². The van der Waals surface area contributed by atoms with Crippen LogP contribution >= 0.6 is 11.8 Å². The van der Waals surface area contributed by atoms with Crippen molar-refractivity contribution in [2.24, 2.45) is 5.92 Å². The summed E-state index contributed by atoms with van der Waals surface area (Å²) in [6, 6.07) is 6.39. The van der Waals surface area contributed by atoms with Gasteiger partial charge in [-0.1, -0.05) is 18.2 Å². The molecule has 168 valence electrons. The van der Waals surface area contributed by atoms with Crippen LogP contribution in [0.25, 0.3) is 0 Å². The number of nitrogens with zero attached hydrogens (tertiary/aromatic N) is 3. The highest BCUT2D eigenvalue weighted by atomic mass is 32.2. The second-order valence-electron chi connectivity index (χ2n) is 7.35. The molecule has 0 unspecified atom stereocenters. The van der Waals surface area contributed by atoms with E-state index in [0.717, 1.165) is 12.8 Å². The van der Waals surface area contributed by atoms with E-state index in [4.69, 9.17) is 0 Å². The number of hydrogen-bond donors (Lipinski definition) is 3. The number of alkyl halides is 3. The van der Waals surface area contributed by atoms with Crippen molar-refractivity contribution >= 4 is 29.6 Å². The molecule has 1 fully saturated rings. The molecular weight excluding hydrogens is 429 g/mol. The third kappa shape index (κ3) is 6.98. The maximum atomic E-state index is 12.7. The summed E-state index contributed by atoms with van der Waals surface area (Å²) >= 11 is -0.161. The van der Waals surface area contributed by atoms with Crippen molar-refractivity contribution in [3.8, 4) is 0 Å². The van der Waals surface area contributed by atoms with Gasteiger partial charge in [-0.3, -0.25) is 4.79 Å². The first kappa shape index (κ1) is 23.1. The molecule has 1 amide bonds. The number of anilines is 2. The van der Waals surface area contributed by atoms with Crippen LogP contribution in [-0.2, 0) is 11.3 Å². The molecule has 1 aromatic carbocycles. The Kier molecular flexibility index (Phi) is 7.58. The van der Waals surface area contributed by atoms with Crippen LogP contribution in [0.3, 0.4) is 0 Å². The Hall–Kier alpha value is -2.56. The van der Waals surface area contributed by atoms with Gasteiger partial charge in [0.15, 0.2) is 0 Å². The molecule has 1 aliphatic rings. The molecule has 0 bridgehead atoms. The highest BCUT2D eigenvalue weighted by molar-refractivity contribution is 8.00. The fraction of sp³-hybridized carbons (Fsp3) is 0.500. The average Bonchev–Trinajstić information content (AvgIpc) is 2.72. The van der Waals surface area contributed by atoms with Crippen molar-refractivity contribution in [2.45, 2.75) is 55.6 Å². The first-order valence-corrected chi connectivity index (χ1v) is 10.8. The number of aryl methyl sites for hydroxylation is 1. The zero-order valence-corrected chi connectivity index (χ0v) is 18.1. The highest BCUT2D eigenvalue weighted by Gasteiger charge is 2.31. The van der Waals surface area contributed by atoms with Crippen LogP contribution in [0.4, 0.5) is 25.1 Å². The minimum atomic E-state index is -4.36. The third-order valence-corrected chi connectivity index (χ3v) is 5.90. The molecule has 2 aromatic rings. The number of hydrogen-bond acceptors (Lipinski definition) is 7. The molecule has 1 aromatic heterocycles. The highest BCUT2D eigenvalue weighted by Crippen LogP contribution is 2.38. The molecule has 7 nitrogen and oxygen atoms in total. The van der Waals surface area contributed by atoms with E-state index in [1.807, 2.05) is 0 Å². The Bertz CT molecular complexity index is 903. The summed E-state index contributed by atoms with van der Waals surface area (Å²) in [7, 11) is 1.74. The van der Waals surface area contributed by atoms with Gasteiger partial charge in [-0.15, -0.1) is 0 Å². The van der Waals surface area contributed by atoms with E-state index in [-0.39, 0.29) is 41.1 Å². The number of amides is 1. The van der Waals surface area contributed by atoms with E-state index in [1.165, 1.54) is 6.07 Å². The van der Waals surface area contributed by atoms with Crippen LogP contribution in [0.2, 0.25) is 0 Å². The SMILES string of the molecule is CNc1nc(C)nc(NC2CCC(C(=O)NCc3ccccc3SC(F)(F)F)CC2)n1. The summed E-state index contributed by atoms with van der Waals surface area (Å²) in [5, 5.41) is 8.99. The van der Waals surface area contributed by atoms with E-state index < -0.39 is 5.51 Å². The van der Waals surface area contributed by atoms with Crippen molar-refractivity contribution in [1.29, 1.82) is 0 Å². The van der Waals surface area contributed by atoms with Crippen molar-refractivity contribution in [1.82, 2.24) is 20.3 Å². The van der Waals surface area contributed by atoms with E-state index >= 15 is 0 Å². The molecule has 3 N–H and O–H groups in total. The summed E-state index contributed by atoms with van der Waals surface area (Å²) in [5.74, 6) is 1.32. The Morgan fingerprint density at radius 3 is 2.45 bits per heavy atom. The molecule has 3 rings (SSSR count). The van der Waals surface area contributed by atoms with Crippen molar-refractivity contribution in [3.63, 3.8) is 0 Å². The lowest BCUT2D eigenvalue weighted by Crippen LogP contribution is -2.36. The lowest BCUT2D eigenvalue weighted by molar-refractivity contribution is -0.126. The summed E-state index contributed by atoms with van der Waals surface area (Å²) < 4.78 is 38.2. The van der Waals surface area contributed by atoms with Crippen LogP contribution in [0, 0.1) is 12.8 Å². The van der Waals surface area contributed by atoms with Gasteiger partial charge in [-0.2, -0.15) is 28.1 Å². The largest absolute Gasteiger partial charge is 0.446 e. The topological polar surface area (TPSA) is 91.8 Å². The zero-order chi connectivity index (χ0) is 22.4. The maximum absolute atomic E-state index is 12.7. The van der Waals surface area contributed by atoms with Crippen LogP contribution in [0.5, 0.6) is 0 Å². The first-order chi connectivity index (χ1) is 14.7. The molecule has 0 atom stereocenters. The molecular formula is C20H25F3N6OS. The van der Waals surface area contributed by atoms with Gasteiger partial charge in [0.25, 0.3) is 0 Å². The van der Waals surface area contributed by atoms with Gasteiger partial charge in [0, 0.05) is 30.4 Å². The fourth-order valence-electron chi connectivity index (χ4n) is 3.54. The molecule has 11 heteroatoms. The number of nitrogens with one attached hydrogen (secondary N) is 3. The zero-order valence-electron chi connectivity index (χ0n) is 17.3. The van der Waals surface area contributed by atoms with Gasteiger partial charge < -0.3 is 16.0 Å². The molecule has 1 heterocycles. The number of halogens is 3. The van der Waals surface area contributed by atoms with Crippen LogP contribution in [0.15, 0.2) is 29.2 Å². The summed E-state index contributed by atoms with van der Waals surface area (Å²) in [6.07, 6.45) is 2.92. The van der Waals surface area contributed by atoms with E-state index in [9.17, 15) is 18.0 Å². The molecule has 0 radical (unpaired) electrons. The molecule has 1 aliphatic carbocycles. The summed E-state index contributed by atoms with van der Waals surface area (Å²) in [4.78, 5) is 25.4. The number of aromatic nitrogens is 3. The van der Waals surface area contributed by atoms with Gasteiger partial charge in [0.2, 0.25) is 17.8 Å². The molecule has 0 aliphatic heterocycles. The van der Waals surface area contributed by atoms with Crippen molar-refractivity contribution in [3.05, 3.63) is 35.7 Å². The molecule has 31 heavy (non-hydrogen) atoms. The van der Waals surface area contributed by atoms with Crippen molar-refractivity contribution in [2.75, 3.05) is 17.7 Å². The second kappa shape index (κ2) is 10.2. The first-order valence-electron chi connectivity index (χ1n) is 10.0. The number of carbonyl (C=O) groups excluding carboxylic acids is 1. The number of carbonyl (C=O) groups is 1. The van der Waals surface area contributed by atoms with Crippen LogP contribution in [-0.4, -0.2) is 39.5 Å². The summed E-state index contributed by atoms with van der Waals surface area (Å²) in [5.41, 5.74) is -3.91. The average molecular weight is 455 g/mol. The van der Waals surface area contributed by atoms with E-state index in [0.29, 0.717) is 36.1 Å².